The van der Waals surface area contributed by atoms with Crippen LogP contribution in [0.4, 0.5) is 0 Å². The average molecular weight is 452 g/mol. The van der Waals surface area contributed by atoms with Crippen molar-refractivity contribution in [2.45, 2.75) is 11.8 Å². The van der Waals surface area contributed by atoms with Gasteiger partial charge in [-0.15, -0.1) is 0 Å². The molecule has 0 saturated heterocycles. The van der Waals surface area contributed by atoms with E-state index in [2.05, 4.69) is 20.9 Å². The van der Waals surface area contributed by atoms with E-state index < -0.39 is 10.0 Å². The van der Waals surface area contributed by atoms with Gasteiger partial charge in [-0.2, -0.15) is 0 Å². The summed E-state index contributed by atoms with van der Waals surface area (Å²) in [4.78, 5) is 9.60. The molecule has 0 saturated carbocycles. The van der Waals surface area contributed by atoms with Gasteiger partial charge in [0.1, 0.15) is 5.52 Å². The summed E-state index contributed by atoms with van der Waals surface area (Å²) in [6.07, 6.45) is 0. The van der Waals surface area contributed by atoms with E-state index in [4.69, 9.17) is 4.98 Å². The van der Waals surface area contributed by atoms with Gasteiger partial charge in [0, 0.05) is 9.86 Å². The summed E-state index contributed by atoms with van der Waals surface area (Å²) < 4.78 is 29.2. The lowest BCUT2D eigenvalue weighted by Crippen LogP contribution is -2.13. The van der Waals surface area contributed by atoms with E-state index in [1.807, 2.05) is 43.3 Å². The van der Waals surface area contributed by atoms with Gasteiger partial charge in [0.15, 0.2) is 5.65 Å². The second kappa shape index (κ2) is 6.12. The molecule has 0 amide bonds. The van der Waals surface area contributed by atoms with Crippen molar-refractivity contribution >= 4 is 59.1 Å². The van der Waals surface area contributed by atoms with E-state index in [0.717, 1.165) is 20.9 Å². The summed E-state index contributed by atoms with van der Waals surface area (Å²) in [5.41, 5.74) is 3.81. The van der Waals surface area contributed by atoms with Gasteiger partial charge >= 0.3 is 0 Å². The van der Waals surface area contributed by atoms with Crippen LogP contribution in [0.2, 0.25) is 0 Å². The molecule has 5 aromatic rings. The van der Waals surface area contributed by atoms with Crippen LogP contribution in [0.15, 0.2) is 76.1 Å². The molecule has 0 spiro atoms. The number of benzene rings is 3. The fraction of sp³-hybridized carbons (Fsp3) is 0.0476. The van der Waals surface area contributed by atoms with Crippen LogP contribution >= 0.6 is 15.9 Å². The second-order valence-corrected chi connectivity index (χ2v) is 9.33. The third-order valence-electron chi connectivity index (χ3n) is 4.74. The highest BCUT2D eigenvalue weighted by molar-refractivity contribution is 9.10. The summed E-state index contributed by atoms with van der Waals surface area (Å²) in [6.45, 7) is 1.92. The zero-order chi connectivity index (χ0) is 19.5. The van der Waals surface area contributed by atoms with Crippen molar-refractivity contribution in [1.82, 2.24) is 13.9 Å². The number of rotatable bonds is 2. The number of halogens is 1. The number of aromatic nitrogens is 3. The number of aryl methyl sites for hydroxylation is 1. The van der Waals surface area contributed by atoms with Gasteiger partial charge < -0.3 is 0 Å². The molecule has 0 radical (unpaired) electrons. The number of hydrogen-bond donors (Lipinski definition) is 0. The van der Waals surface area contributed by atoms with Crippen LogP contribution in [0.25, 0.3) is 33.1 Å². The van der Waals surface area contributed by atoms with E-state index in [1.165, 1.54) is 3.97 Å². The second-order valence-electron chi connectivity index (χ2n) is 6.63. The molecule has 0 atom stereocenters. The van der Waals surface area contributed by atoms with Crippen LogP contribution in [0.1, 0.15) is 5.56 Å². The zero-order valence-corrected chi connectivity index (χ0v) is 17.2. The summed E-state index contributed by atoms with van der Waals surface area (Å²) >= 11 is 3.47. The fourth-order valence-electron chi connectivity index (χ4n) is 3.36. The van der Waals surface area contributed by atoms with Crippen LogP contribution in [0.5, 0.6) is 0 Å². The van der Waals surface area contributed by atoms with Gasteiger partial charge in [-0.05, 0) is 49.4 Å². The molecule has 3 aromatic carbocycles. The zero-order valence-electron chi connectivity index (χ0n) is 14.8. The first-order chi connectivity index (χ1) is 13.4. The van der Waals surface area contributed by atoms with E-state index in [-0.39, 0.29) is 4.90 Å². The quantitative estimate of drug-likeness (QED) is 0.376. The van der Waals surface area contributed by atoms with Gasteiger partial charge in [-0.3, -0.25) is 0 Å². The molecule has 0 bridgehead atoms. The van der Waals surface area contributed by atoms with Gasteiger partial charge in [-0.25, -0.2) is 22.4 Å². The Hall–Kier alpha value is -2.77. The molecule has 0 N–H and O–H groups in total. The highest BCUT2D eigenvalue weighted by Crippen LogP contribution is 2.33. The van der Waals surface area contributed by atoms with Crippen molar-refractivity contribution in [3.05, 3.63) is 76.8 Å². The Kier molecular flexibility index (Phi) is 3.79. The monoisotopic (exact) mass is 451 g/mol. The summed E-state index contributed by atoms with van der Waals surface area (Å²) in [7, 11) is -3.85. The van der Waals surface area contributed by atoms with Crippen molar-refractivity contribution in [3.63, 3.8) is 0 Å². The van der Waals surface area contributed by atoms with E-state index in [9.17, 15) is 8.42 Å². The molecule has 2 aromatic heterocycles. The average Bonchev–Trinajstić information content (AvgIpc) is 3.00. The third kappa shape index (κ3) is 2.54. The molecule has 5 nitrogen and oxygen atoms in total. The molecule has 0 aliphatic heterocycles. The van der Waals surface area contributed by atoms with Gasteiger partial charge in [0.2, 0.25) is 0 Å². The molecule has 28 heavy (non-hydrogen) atoms. The van der Waals surface area contributed by atoms with Crippen molar-refractivity contribution in [3.8, 4) is 0 Å². The number of hydrogen-bond acceptors (Lipinski definition) is 4. The lowest BCUT2D eigenvalue weighted by Gasteiger charge is -2.09. The maximum Gasteiger partial charge on any atom is 0.269 e. The molecule has 2 heterocycles. The Balaban J connectivity index is 1.96. The molecule has 0 aliphatic rings. The van der Waals surface area contributed by atoms with Crippen LogP contribution < -0.4 is 0 Å². The van der Waals surface area contributed by atoms with Gasteiger partial charge in [0.05, 0.1) is 21.4 Å². The van der Waals surface area contributed by atoms with Crippen LogP contribution in [0, 0.1) is 6.92 Å². The van der Waals surface area contributed by atoms with Gasteiger partial charge in [-0.1, -0.05) is 45.8 Å². The molecule has 138 valence electrons. The first-order valence-electron chi connectivity index (χ1n) is 8.64. The molecule has 0 fully saturated rings. The number of para-hydroxylation sites is 2. The standard InChI is InChI=1S/C21H14BrN3O2S/c1-13-6-9-15(10-7-13)28(26,27)25-19-11-8-14(22)12-16(19)20-21(25)24-18-5-3-2-4-17(18)23-20/h2-12H,1H3. The van der Waals surface area contributed by atoms with Crippen molar-refractivity contribution in [1.29, 1.82) is 0 Å². The SMILES string of the molecule is Cc1ccc(S(=O)(=O)n2c3ccc(Br)cc3c3nc4ccccc4nc32)cc1. The molecule has 7 heteroatoms. The summed E-state index contributed by atoms with van der Waals surface area (Å²) in [6, 6.07) is 19.8. The highest BCUT2D eigenvalue weighted by Gasteiger charge is 2.25. The molecule has 5 rings (SSSR count). The Bertz CT molecular complexity index is 1490. The predicted molar refractivity (Wildman–Crippen MR) is 114 cm³/mol. The van der Waals surface area contributed by atoms with Crippen molar-refractivity contribution in [2.75, 3.05) is 0 Å². The van der Waals surface area contributed by atoms with Gasteiger partial charge in [0.25, 0.3) is 10.0 Å². The smallest absolute Gasteiger partial charge is 0.242 e. The largest absolute Gasteiger partial charge is 0.269 e. The van der Waals surface area contributed by atoms with Crippen LogP contribution in [0.3, 0.4) is 0 Å². The summed E-state index contributed by atoms with van der Waals surface area (Å²) in [5, 5.41) is 0.735. The number of nitrogens with zero attached hydrogens (tertiary/aromatic N) is 3. The fourth-order valence-corrected chi connectivity index (χ4v) is 5.19. The van der Waals surface area contributed by atoms with Crippen LogP contribution in [-0.2, 0) is 10.0 Å². The Morgan fingerprint density at radius 3 is 2.29 bits per heavy atom. The Morgan fingerprint density at radius 1 is 0.893 bits per heavy atom. The normalized spacial score (nSPS) is 12.2. The molecular weight excluding hydrogens is 438 g/mol. The minimum absolute atomic E-state index is 0.217. The van der Waals surface area contributed by atoms with E-state index in [1.54, 1.807) is 30.3 Å². The molecule has 0 aliphatic carbocycles. The Morgan fingerprint density at radius 2 is 1.57 bits per heavy atom. The van der Waals surface area contributed by atoms with Crippen molar-refractivity contribution in [2.24, 2.45) is 0 Å². The third-order valence-corrected chi connectivity index (χ3v) is 6.95. The maximum absolute atomic E-state index is 13.5. The highest BCUT2D eigenvalue weighted by atomic mass is 79.9. The minimum atomic E-state index is -3.85. The predicted octanol–water partition coefficient (Wildman–Crippen LogP) is 5.05. The first-order valence-corrected chi connectivity index (χ1v) is 10.9. The summed E-state index contributed by atoms with van der Waals surface area (Å²) in [5.74, 6) is 0. The van der Waals surface area contributed by atoms with Crippen molar-refractivity contribution < 1.29 is 8.42 Å². The minimum Gasteiger partial charge on any atom is -0.242 e. The lowest BCUT2D eigenvalue weighted by molar-refractivity contribution is 0.590. The van der Waals surface area contributed by atoms with Crippen LogP contribution in [-0.4, -0.2) is 22.4 Å². The first kappa shape index (κ1) is 17.3. The van der Waals surface area contributed by atoms with E-state index in [0.29, 0.717) is 22.2 Å². The maximum atomic E-state index is 13.5. The van der Waals surface area contributed by atoms with E-state index >= 15 is 0 Å². The molecule has 0 unspecified atom stereocenters. The Labute approximate surface area is 169 Å². The number of fused-ring (bicyclic) bond motifs is 4. The molecular formula is C21H14BrN3O2S. The topological polar surface area (TPSA) is 64.8 Å². The lowest BCUT2D eigenvalue weighted by atomic mass is 10.2.